The van der Waals surface area contributed by atoms with Crippen LogP contribution in [-0.2, 0) is 9.53 Å². The van der Waals surface area contributed by atoms with Crippen molar-refractivity contribution in [2.24, 2.45) is 5.16 Å². The second kappa shape index (κ2) is 10.4. The summed E-state index contributed by atoms with van der Waals surface area (Å²) in [5.41, 5.74) is 8.22. The number of oxime groups is 1. The highest BCUT2D eigenvalue weighted by molar-refractivity contribution is 6.07. The minimum Gasteiger partial charge on any atom is -0.508 e. The van der Waals surface area contributed by atoms with Crippen molar-refractivity contribution in [1.29, 1.82) is 0 Å². The number of carbonyl (C=O) groups excluding carboxylic acids is 1. The van der Waals surface area contributed by atoms with Gasteiger partial charge in [0.1, 0.15) is 11.9 Å². The third-order valence-electron chi connectivity index (χ3n) is 8.15. The van der Waals surface area contributed by atoms with E-state index in [-0.39, 0.29) is 23.7 Å². The van der Waals surface area contributed by atoms with E-state index in [0.29, 0.717) is 24.1 Å². The molecule has 1 aliphatic heterocycles. The summed E-state index contributed by atoms with van der Waals surface area (Å²) >= 11 is 0. The van der Waals surface area contributed by atoms with Crippen molar-refractivity contribution in [3.05, 3.63) is 87.3 Å². The number of aryl methyl sites for hydroxylation is 2. The molecule has 2 aliphatic carbocycles. The summed E-state index contributed by atoms with van der Waals surface area (Å²) in [5.74, 6) is -0.540. The van der Waals surface area contributed by atoms with Crippen molar-refractivity contribution in [3.63, 3.8) is 0 Å². The van der Waals surface area contributed by atoms with Gasteiger partial charge >= 0.3 is 5.97 Å². The van der Waals surface area contributed by atoms with Gasteiger partial charge in [-0.1, -0.05) is 42.4 Å². The van der Waals surface area contributed by atoms with Crippen molar-refractivity contribution in [1.82, 2.24) is 5.32 Å². The SMILES string of the molecule is CCC1=C(C(=O)OC2CCCC2)C(c2cccc(O)c2)C2=C(CC(c3c(C)cccc3C)C/C2=N\O)N1. The van der Waals surface area contributed by atoms with E-state index in [1.165, 1.54) is 16.7 Å². The Hall–Kier alpha value is -3.54. The van der Waals surface area contributed by atoms with Crippen LogP contribution in [0.1, 0.15) is 86.0 Å². The highest BCUT2D eigenvalue weighted by Crippen LogP contribution is 2.48. The molecule has 0 amide bonds. The van der Waals surface area contributed by atoms with Gasteiger partial charge in [0.15, 0.2) is 0 Å². The molecule has 0 bridgehead atoms. The minimum atomic E-state index is -0.489. The molecule has 6 heteroatoms. The molecule has 0 radical (unpaired) electrons. The second-order valence-corrected chi connectivity index (χ2v) is 10.6. The van der Waals surface area contributed by atoms with Crippen molar-refractivity contribution in [3.8, 4) is 5.75 Å². The Labute approximate surface area is 218 Å². The molecule has 0 saturated heterocycles. The maximum Gasteiger partial charge on any atom is 0.337 e. The van der Waals surface area contributed by atoms with Gasteiger partial charge in [0.25, 0.3) is 0 Å². The van der Waals surface area contributed by atoms with Crippen LogP contribution in [-0.4, -0.2) is 28.1 Å². The number of aromatic hydroxyl groups is 1. The number of carbonyl (C=O) groups is 1. The molecule has 5 rings (SSSR count). The number of allylic oxidation sites excluding steroid dienone is 3. The number of benzene rings is 2. The predicted octanol–water partition coefficient (Wildman–Crippen LogP) is 6.51. The van der Waals surface area contributed by atoms with E-state index in [2.05, 4.69) is 42.5 Å². The molecular weight excluding hydrogens is 464 g/mol. The second-order valence-electron chi connectivity index (χ2n) is 10.6. The minimum absolute atomic E-state index is 0.0657. The quantitative estimate of drug-likeness (QED) is 0.247. The highest BCUT2D eigenvalue weighted by Gasteiger charge is 2.42. The lowest BCUT2D eigenvalue weighted by Gasteiger charge is -2.39. The first kappa shape index (κ1) is 25.1. The van der Waals surface area contributed by atoms with Gasteiger partial charge in [-0.2, -0.15) is 0 Å². The van der Waals surface area contributed by atoms with E-state index < -0.39 is 5.92 Å². The molecule has 2 unspecified atom stereocenters. The fraction of sp³-hybridized carbons (Fsp3) is 0.419. The molecule has 1 saturated carbocycles. The molecule has 0 aromatic heterocycles. The molecule has 6 nitrogen and oxygen atoms in total. The van der Waals surface area contributed by atoms with Gasteiger partial charge in [-0.3, -0.25) is 0 Å². The zero-order valence-corrected chi connectivity index (χ0v) is 21.9. The number of hydrogen-bond donors (Lipinski definition) is 3. The zero-order valence-electron chi connectivity index (χ0n) is 21.9. The summed E-state index contributed by atoms with van der Waals surface area (Å²) in [6, 6.07) is 13.4. The Morgan fingerprint density at radius 1 is 1.08 bits per heavy atom. The maximum atomic E-state index is 13.7. The Kier molecular flexibility index (Phi) is 7.09. The number of dihydropyridines is 1. The van der Waals surface area contributed by atoms with E-state index in [4.69, 9.17) is 4.74 Å². The van der Waals surface area contributed by atoms with Crippen LogP contribution in [0, 0.1) is 13.8 Å². The average molecular weight is 501 g/mol. The van der Waals surface area contributed by atoms with Gasteiger partial charge in [-0.25, -0.2) is 4.79 Å². The average Bonchev–Trinajstić information content (AvgIpc) is 3.39. The third-order valence-corrected chi connectivity index (χ3v) is 8.15. The molecule has 2 atom stereocenters. The fourth-order valence-corrected chi connectivity index (χ4v) is 6.52. The Morgan fingerprint density at radius 2 is 1.78 bits per heavy atom. The fourth-order valence-electron chi connectivity index (χ4n) is 6.52. The van der Waals surface area contributed by atoms with E-state index in [1.807, 2.05) is 13.0 Å². The number of nitrogens with one attached hydrogen (secondary N) is 1. The van der Waals surface area contributed by atoms with Crippen molar-refractivity contribution >= 4 is 11.7 Å². The van der Waals surface area contributed by atoms with Gasteiger partial charge in [0.2, 0.25) is 0 Å². The lowest BCUT2D eigenvalue weighted by molar-refractivity contribution is -0.144. The largest absolute Gasteiger partial charge is 0.508 e. The van der Waals surface area contributed by atoms with Crippen LogP contribution in [0.25, 0.3) is 0 Å². The number of hydrogen-bond acceptors (Lipinski definition) is 6. The molecule has 37 heavy (non-hydrogen) atoms. The first-order valence-corrected chi connectivity index (χ1v) is 13.4. The molecule has 1 heterocycles. The topological polar surface area (TPSA) is 91.2 Å². The summed E-state index contributed by atoms with van der Waals surface area (Å²) < 4.78 is 6.01. The first-order chi connectivity index (χ1) is 17.9. The molecule has 1 fully saturated rings. The summed E-state index contributed by atoms with van der Waals surface area (Å²) in [6.45, 7) is 6.28. The van der Waals surface area contributed by atoms with E-state index in [9.17, 15) is 15.1 Å². The predicted molar refractivity (Wildman–Crippen MR) is 144 cm³/mol. The van der Waals surface area contributed by atoms with Gasteiger partial charge in [0, 0.05) is 29.3 Å². The van der Waals surface area contributed by atoms with Crippen LogP contribution in [0.5, 0.6) is 5.75 Å². The monoisotopic (exact) mass is 500 g/mol. The van der Waals surface area contributed by atoms with Crippen LogP contribution in [0.15, 0.2) is 70.2 Å². The lowest BCUT2D eigenvalue weighted by atomic mass is 9.70. The molecule has 3 aliphatic rings. The van der Waals surface area contributed by atoms with E-state index in [1.54, 1.807) is 18.2 Å². The Balaban J connectivity index is 1.63. The Morgan fingerprint density at radius 3 is 2.43 bits per heavy atom. The number of esters is 1. The number of ether oxygens (including phenoxy) is 1. The van der Waals surface area contributed by atoms with Gasteiger partial charge in [0.05, 0.1) is 11.3 Å². The van der Waals surface area contributed by atoms with E-state index >= 15 is 0 Å². The normalized spacial score (nSPS) is 23.3. The molecular formula is C31H36N2O4. The van der Waals surface area contributed by atoms with Crippen molar-refractivity contribution in [2.75, 3.05) is 0 Å². The molecule has 0 spiro atoms. The lowest BCUT2D eigenvalue weighted by Crippen LogP contribution is -2.37. The summed E-state index contributed by atoms with van der Waals surface area (Å²) in [6.07, 6.45) is 5.78. The first-order valence-electron chi connectivity index (χ1n) is 13.4. The van der Waals surface area contributed by atoms with Crippen molar-refractivity contribution in [2.45, 2.75) is 83.7 Å². The standard InChI is InChI=1S/C31H36N2O4/c1-4-24-30(31(35)37-23-13-5-6-14-23)28(20-11-8-12-22(34)15-20)29-25(32-24)16-21(17-26(29)33-36)27-18(2)9-7-10-19(27)3/h7-12,15,21,23,28,32,34,36H,4-6,13-14,16-17H2,1-3H3/b33-26+. The highest BCUT2D eigenvalue weighted by atomic mass is 16.5. The molecule has 3 N–H and O–H groups in total. The smallest absolute Gasteiger partial charge is 0.337 e. The number of phenolic OH excluding ortho intramolecular Hbond substituents is 1. The molecule has 2 aromatic carbocycles. The molecule has 194 valence electrons. The summed E-state index contributed by atoms with van der Waals surface area (Å²) in [7, 11) is 0. The van der Waals surface area contributed by atoms with Gasteiger partial charge < -0.3 is 20.4 Å². The van der Waals surface area contributed by atoms with Crippen LogP contribution in [0.2, 0.25) is 0 Å². The number of rotatable bonds is 5. The third kappa shape index (κ3) is 4.77. The van der Waals surface area contributed by atoms with Crippen molar-refractivity contribution < 1.29 is 19.8 Å². The van der Waals surface area contributed by atoms with Crippen LogP contribution >= 0.6 is 0 Å². The summed E-state index contributed by atoms with van der Waals surface area (Å²) in [4.78, 5) is 13.7. The van der Waals surface area contributed by atoms with Gasteiger partial charge in [-0.05, 0) is 92.7 Å². The van der Waals surface area contributed by atoms with Crippen LogP contribution in [0.4, 0.5) is 0 Å². The number of phenols is 1. The van der Waals surface area contributed by atoms with E-state index in [0.717, 1.165) is 54.6 Å². The maximum absolute atomic E-state index is 13.7. The molecule has 2 aromatic rings. The van der Waals surface area contributed by atoms with Crippen LogP contribution < -0.4 is 5.32 Å². The Bertz CT molecular complexity index is 1280. The van der Waals surface area contributed by atoms with Gasteiger partial charge in [-0.15, -0.1) is 0 Å². The zero-order chi connectivity index (χ0) is 26.1. The number of nitrogens with zero attached hydrogens (tertiary/aromatic N) is 1. The van der Waals surface area contributed by atoms with Crippen LogP contribution in [0.3, 0.4) is 0 Å². The summed E-state index contributed by atoms with van der Waals surface area (Å²) in [5, 5.41) is 28.0.